The Balaban J connectivity index is 2.24. The van der Waals surface area contributed by atoms with E-state index < -0.39 is 10.0 Å². The first-order chi connectivity index (χ1) is 12.7. The van der Waals surface area contributed by atoms with E-state index in [1.54, 1.807) is 24.3 Å². The van der Waals surface area contributed by atoms with Crippen LogP contribution in [0.15, 0.2) is 47.4 Å². The molecule has 2 aromatic carbocycles. The quantitative estimate of drug-likeness (QED) is 0.690. The van der Waals surface area contributed by atoms with Crippen LogP contribution in [0.1, 0.15) is 31.1 Å². The van der Waals surface area contributed by atoms with Gasteiger partial charge in [0.05, 0.1) is 11.6 Å². The second-order valence-electron chi connectivity index (χ2n) is 6.31. The van der Waals surface area contributed by atoms with Crippen molar-refractivity contribution in [1.82, 2.24) is 5.32 Å². The Morgan fingerprint density at radius 1 is 1.15 bits per heavy atom. The third-order valence-corrected chi connectivity index (χ3v) is 5.43. The van der Waals surface area contributed by atoms with Gasteiger partial charge in [-0.3, -0.25) is 9.52 Å². The first-order valence-corrected chi connectivity index (χ1v) is 10.4. The number of ether oxygens (including phenoxy) is 1. The van der Waals surface area contributed by atoms with Gasteiger partial charge >= 0.3 is 0 Å². The van der Waals surface area contributed by atoms with E-state index in [1.165, 1.54) is 18.2 Å². The smallest absolute Gasteiger partial charge is 0.263 e. The minimum atomic E-state index is -3.96. The van der Waals surface area contributed by atoms with Crippen LogP contribution in [-0.4, -0.2) is 27.5 Å². The zero-order chi connectivity index (χ0) is 20.0. The molecule has 8 heteroatoms. The monoisotopic (exact) mass is 410 g/mol. The van der Waals surface area contributed by atoms with Crippen molar-refractivity contribution in [2.75, 3.05) is 17.9 Å². The van der Waals surface area contributed by atoms with Gasteiger partial charge in [-0.2, -0.15) is 0 Å². The summed E-state index contributed by atoms with van der Waals surface area (Å²) in [6.45, 7) is 6.82. The zero-order valence-electron chi connectivity index (χ0n) is 15.5. The molecule has 0 heterocycles. The van der Waals surface area contributed by atoms with E-state index in [-0.39, 0.29) is 27.3 Å². The van der Waals surface area contributed by atoms with Crippen molar-refractivity contribution in [3.63, 3.8) is 0 Å². The first kappa shape index (κ1) is 21.1. The van der Waals surface area contributed by atoms with Crippen molar-refractivity contribution in [2.24, 2.45) is 5.92 Å². The largest absolute Gasteiger partial charge is 0.494 e. The summed E-state index contributed by atoms with van der Waals surface area (Å²) in [6.07, 6.45) is 0. The number of hydrogen-bond donors (Lipinski definition) is 2. The van der Waals surface area contributed by atoms with Gasteiger partial charge < -0.3 is 10.1 Å². The number of carbonyl (C=O) groups is 1. The fourth-order valence-corrected chi connectivity index (χ4v) is 3.83. The van der Waals surface area contributed by atoms with E-state index in [0.29, 0.717) is 24.6 Å². The van der Waals surface area contributed by atoms with Crippen molar-refractivity contribution in [2.45, 2.75) is 25.7 Å². The van der Waals surface area contributed by atoms with Crippen LogP contribution >= 0.6 is 11.6 Å². The van der Waals surface area contributed by atoms with Crippen molar-refractivity contribution in [3.05, 3.63) is 53.1 Å². The topological polar surface area (TPSA) is 84.5 Å². The van der Waals surface area contributed by atoms with Crippen LogP contribution in [0.4, 0.5) is 5.69 Å². The molecule has 0 spiro atoms. The van der Waals surface area contributed by atoms with E-state index in [0.717, 1.165) is 0 Å². The van der Waals surface area contributed by atoms with E-state index in [4.69, 9.17) is 16.3 Å². The van der Waals surface area contributed by atoms with Gasteiger partial charge in [0, 0.05) is 17.8 Å². The van der Waals surface area contributed by atoms with Gasteiger partial charge in [-0.25, -0.2) is 8.42 Å². The lowest BCUT2D eigenvalue weighted by Gasteiger charge is -2.12. The average Bonchev–Trinajstić information content (AvgIpc) is 2.61. The Labute approximate surface area is 164 Å². The Morgan fingerprint density at radius 3 is 2.41 bits per heavy atom. The fourth-order valence-electron chi connectivity index (χ4n) is 2.25. The number of benzene rings is 2. The van der Waals surface area contributed by atoms with Gasteiger partial charge in [-0.15, -0.1) is 0 Å². The predicted molar refractivity (Wildman–Crippen MR) is 107 cm³/mol. The average molecular weight is 411 g/mol. The predicted octanol–water partition coefficient (Wildman–Crippen LogP) is 3.93. The first-order valence-electron chi connectivity index (χ1n) is 8.56. The van der Waals surface area contributed by atoms with Crippen LogP contribution in [0.2, 0.25) is 5.02 Å². The van der Waals surface area contributed by atoms with Gasteiger partial charge in [-0.05, 0) is 55.3 Å². The van der Waals surface area contributed by atoms with E-state index in [2.05, 4.69) is 10.0 Å². The molecule has 27 heavy (non-hydrogen) atoms. The normalized spacial score (nSPS) is 11.3. The summed E-state index contributed by atoms with van der Waals surface area (Å²) in [6, 6.07) is 10.7. The second-order valence-corrected chi connectivity index (χ2v) is 8.37. The molecule has 2 rings (SSSR count). The number of nitrogens with one attached hydrogen (secondary N) is 2. The van der Waals surface area contributed by atoms with Crippen LogP contribution in [-0.2, 0) is 10.0 Å². The van der Waals surface area contributed by atoms with Crippen molar-refractivity contribution in [1.29, 1.82) is 0 Å². The highest BCUT2D eigenvalue weighted by atomic mass is 35.5. The molecule has 0 aliphatic heterocycles. The molecule has 2 aromatic rings. The third-order valence-electron chi connectivity index (χ3n) is 3.57. The minimum Gasteiger partial charge on any atom is -0.494 e. The summed E-state index contributed by atoms with van der Waals surface area (Å²) in [4.78, 5) is 12.1. The van der Waals surface area contributed by atoms with Crippen LogP contribution in [0.25, 0.3) is 0 Å². The summed E-state index contributed by atoms with van der Waals surface area (Å²) in [5.74, 6) is 0.575. The molecule has 0 fully saturated rings. The maximum absolute atomic E-state index is 12.7. The number of sulfonamides is 1. The summed E-state index contributed by atoms with van der Waals surface area (Å²) >= 11 is 6.07. The lowest BCUT2D eigenvalue weighted by Crippen LogP contribution is -2.27. The maximum atomic E-state index is 12.7. The minimum absolute atomic E-state index is 0.0360. The number of carbonyl (C=O) groups excluding carboxylic acids is 1. The molecule has 0 bridgehead atoms. The molecule has 0 unspecified atom stereocenters. The zero-order valence-corrected chi connectivity index (χ0v) is 17.0. The molecule has 0 saturated heterocycles. The second kappa shape index (κ2) is 9.10. The molecular formula is C19H23ClN2O4S. The number of hydrogen-bond acceptors (Lipinski definition) is 4. The van der Waals surface area contributed by atoms with E-state index in [1.807, 2.05) is 20.8 Å². The lowest BCUT2D eigenvalue weighted by atomic mass is 10.2. The standard InChI is InChI=1S/C19H23ClN2O4S/c1-4-26-16-8-6-15(7-9-16)22-27(24,25)18-11-14(5-10-17(18)20)19(23)21-12-13(2)3/h5-11,13,22H,4,12H2,1-3H3,(H,21,23). The van der Waals surface area contributed by atoms with Gasteiger partial charge in [0.1, 0.15) is 10.6 Å². The highest BCUT2D eigenvalue weighted by molar-refractivity contribution is 7.92. The molecule has 0 aliphatic carbocycles. The van der Waals surface area contributed by atoms with Gasteiger partial charge in [0.15, 0.2) is 0 Å². The van der Waals surface area contributed by atoms with Crippen LogP contribution in [0, 0.1) is 5.92 Å². The van der Waals surface area contributed by atoms with Crippen LogP contribution < -0.4 is 14.8 Å². The van der Waals surface area contributed by atoms with Crippen molar-refractivity contribution in [3.8, 4) is 5.75 Å². The molecule has 0 radical (unpaired) electrons. The van der Waals surface area contributed by atoms with E-state index >= 15 is 0 Å². The lowest BCUT2D eigenvalue weighted by molar-refractivity contribution is 0.0949. The summed E-state index contributed by atoms with van der Waals surface area (Å²) in [5.41, 5.74) is 0.594. The maximum Gasteiger partial charge on any atom is 0.263 e. The van der Waals surface area contributed by atoms with Crippen LogP contribution in [0.3, 0.4) is 0 Å². The van der Waals surface area contributed by atoms with Crippen molar-refractivity contribution < 1.29 is 17.9 Å². The number of halogens is 1. The number of rotatable bonds is 8. The van der Waals surface area contributed by atoms with Gasteiger partial charge in [0.2, 0.25) is 0 Å². The summed E-state index contributed by atoms with van der Waals surface area (Å²) in [7, 11) is -3.96. The molecule has 0 aromatic heterocycles. The van der Waals surface area contributed by atoms with Gasteiger partial charge in [0.25, 0.3) is 15.9 Å². The van der Waals surface area contributed by atoms with Crippen molar-refractivity contribution >= 4 is 33.2 Å². The SMILES string of the molecule is CCOc1ccc(NS(=O)(=O)c2cc(C(=O)NCC(C)C)ccc2Cl)cc1. The van der Waals surface area contributed by atoms with E-state index in [9.17, 15) is 13.2 Å². The number of amides is 1. The Bertz CT molecular complexity index is 896. The highest BCUT2D eigenvalue weighted by Gasteiger charge is 2.20. The number of anilines is 1. The Hall–Kier alpha value is -2.25. The van der Waals surface area contributed by atoms with Crippen LogP contribution in [0.5, 0.6) is 5.75 Å². The molecule has 0 saturated carbocycles. The highest BCUT2D eigenvalue weighted by Crippen LogP contribution is 2.26. The molecule has 0 aliphatic rings. The molecule has 146 valence electrons. The summed E-state index contributed by atoms with van der Waals surface area (Å²) in [5, 5.41) is 2.79. The van der Waals surface area contributed by atoms with Gasteiger partial charge in [-0.1, -0.05) is 25.4 Å². The molecular weight excluding hydrogens is 388 g/mol. The molecule has 0 atom stereocenters. The fraction of sp³-hybridized carbons (Fsp3) is 0.316. The molecule has 2 N–H and O–H groups in total. The molecule has 1 amide bonds. The Kier molecular flexibility index (Phi) is 7.10. The Morgan fingerprint density at radius 2 is 1.81 bits per heavy atom. The molecule has 6 nitrogen and oxygen atoms in total. The third kappa shape index (κ3) is 5.87. The summed E-state index contributed by atoms with van der Waals surface area (Å²) < 4.78 is 33.2.